The van der Waals surface area contributed by atoms with Crippen LogP contribution < -0.4 is 96.8 Å². The monoisotopic (exact) mass is 2170 g/mol. The van der Waals surface area contributed by atoms with Gasteiger partial charge >= 0.3 is 53.6 Å². The second-order valence-electron chi connectivity index (χ2n) is 35.1. The average molecular weight is 2170 g/mol. The third-order valence-corrected chi connectivity index (χ3v) is 27.4. The van der Waals surface area contributed by atoms with E-state index in [9.17, 15) is 85.3 Å². The number of aromatic amines is 1. The van der Waals surface area contributed by atoms with Crippen LogP contribution >= 0.6 is 44.5 Å². The van der Waals surface area contributed by atoms with Crippen LogP contribution in [0.3, 0.4) is 0 Å². The molecule has 0 saturated heterocycles. The molecular formula is C98H149N13NaO30PS4. The minimum atomic E-state index is -4.92. The van der Waals surface area contributed by atoms with Crippen LogP contribution in [0, 0.1) is 13.8 Å². The third-order valence-electron chi connectivity index (χ3n) is 23.1. The molecule has 1 unspecified atom stereocenters. The Morgan fingerprint density at radius 3 is 1.62 bits per heavy atom. The number of hydrogen-bond donors (Lipinski definition) is 14. The van der Waals surface area contributed by atoms with E-state index in [-0.39, 0.29) is 164 Å². The normalized spacial score (nSPS) is 12.9. The number of phosphoric acid groups is 1. The topological polar surface area (TPSA) is 594 Å². The van der Waals surface area contributed by atoms with Crippen molar-refractivity contribution in [2.45, 2.75) is 301 Å². The van der Waals surface area contributed by atoms with Gasteiger partial charge in [-0.3, -0.25) is 62.1 Å². The Hall–Kier alpha value is -9.11. The van der Waals surface area contributed by atoms with Gasteiger partial charge in [0.15, 0.2) is 12.1 Å². The molecule has 1 aliphatic rings. The van der Waals surface area contributed by atoms with Crippen LogP contribution in [-0.4, -0.2) is 217 Å². The van der Waals surface area contributed by atoms with Gasteiger partial charge in [0.05, 0.1) is 59.7 Å². The van der Waals surface area contributed by atoms with Crippen molar-refractivity contribution in [2.24, 2.45) is 7.05 Å². The van der Waals surface area contributed by atoms with Crippen molar-refractivity contribution in [1.29, 1.82) is 0 Å². The van der Waals surface area contributed by atoms with Crippen LogP contribution in [0.1, 0.15) is 278 Å². The first-order valence-electron chi connectivity index (χ1n) is 50.2. The number of thiol groups is 1. The van der Waals surface area contributed by atoms with Crippen LogP contribution in [0.4, 0.5) is 16.4 Å². The fourth-order valence-electron chi connectivity index (χ4n) is 15.4. The molecule has 0 aliphatic carbocycles. The molecule has 0 radical (unpaired) electrons. The standard InChI is InChI=1S/C58H98N3O13P.C40H52N10O17S4.Na/c1-3-5-7-9-11-13-15-17-19-21-23-25-27-29-31-36-56(65)71-48-52(74-57(66)37-32-30-28-26-24-22-20-18-16-14-12-10-8-6-4-2)49-73-75(68,69)72-47-45-60-58(67)70-46-44-59-53(62)35-33-34-50-38-40-51(41-39-50)61-54(63)42-43-55(61)64;1-22-13-25(63-12-4-5-32(51)41-8-9-42-37(55)29(20-69-66-64-59)48-38(56)30(21-70-67-65-60)47-33(52)19-68)14-23(2)35(22)71(61,62)49-28(39(57)58)17-45-36(54)27-18-50(3)31-15-24(6-7-26(31)34(27)53)16-46-40-43-10-11-44-40;/h38-43,52H,3-37,44-49H2,1-2H3,(H,59,62)(H,60,67)(H,68,69);6-7,10-11,13-15,18,28-30,49,59-60,68H,4-5,8-9,12,16-17,19-21H2,1-3H3,(H,41,51)(H,42,55)(H,45,54)(H,47,52)(H,48,56)(H,57,58)(H2,43,44,46);/q;;+1/p-1/t52-;28-,29-,30-;/m10./s1. The molecule has 147 heavy (non-hydrogen) atoms. The maximum atomic E-state index is 13.6. The number of carboxylic acid groups (broad SMARTS) is 1. The van der Waals surface area contributed by atoms with Gasteiger partial charge in [0.2, 0.25) is 45.0 Å². The maximum absolute atomic E-state index is 13.6. The molecule has 0 bridgehead atoms. The number of imide groups is 1. The number of benzene rings is 3. The van der Waals surface area contributed by atoms with Gasteiger partial charge in [-0.2, -0.15) is 17.4 Å². The minimum Gasteiger partial charge on any atom is -0.756 e. The summed E-state index contributed by atoms with van der Waals surface area (Å²) in [4.78, 5) is 183. The number of carbonyl (C=O) groups excluding carboxylic acids is 11. The number of H-pyrrole nitrogens is 1. The van der Waals surface area contributed by atoms with Crippen LogP contribution in [-0.2, 0) is 125 Å². The van der Waals surface area contributed by atoms with E-state index in [0.29, 0.717) is 73.5 Å². The Labute approximate surface area is 896 Å². The maximum Gasteiger partial charge on any atom is 1.00 e. The number of aliphatic carboxylic acids is 1. The fourth-order valence-corrected chi connectivity index (χ4v) is 18.8. The zero-order valence-electron chi connectivity index (χ0n) is 85.3. The number of pyridine rings is 1. The molecule has 1 aliphatic heterocycles. The SMILES string of the molecule is CCCCCCCCCCCCCCCCCC(=O)OC[C@H](COP(=O)([O-])OCCNC(=O)OCCNC(=O)CCCc1ccc(N2C(=O)C=CC2=O)cc1)OC(=O)CCCCCCCCCCCCCCCCC.Cc1cc(OCCCC(=O)NCCNC(=O)[C@H](CSOOO)NC(=O)[C@H](CSOOO)NC(=O)CS)cc(C)c1S(=O)(=O)N[C@@H](CNC(=O)c1cn(C)c2cc(CNc3ncc[nH]3)ccc2c1=O)C(=O)O.[Na+]. The molecule has 5 aromatic rings. The van der Waals surface area contributed by atoms with Crippen LogP contribution in [0.2, 0.25) is 0 Å². The Balaban J connectivity index is 0.000000609. The first kappa shape index (κ1) is 130. The number of sulfonamides is 1. The van der Waals surface area contributed by atoms with E-state index in [2.05, 4.69) is 102 Å². The van der Waals surface area contributed by atoms with Crippen molar-refractivity contribution < 1.29 is 167 Å². The number of imidazole rings is 1. The second kappa shape index (κ2) is 77.3. The molecule has 3 aromatic carbocycles. The number of nitrogens with zero attached hydrogens (tertiary/aromatic N) is 3. The number of amides is 9. The average Bonchev–Trinajstić information content (AvgIpc) is 1.68. The van der Waals surface area contributed by atoms with Gasteiger partial charge in [-0.15, -0.1) is 8.67 Å². The smallest absolute Gasteiger partial charge is 0.756 e. The summed E-state index contributed by atoms with van der Waals surface area (Å²) in [5.74, 6) is -7.10. The molecule has 0 saturated carbocycles. The summed E-state index contributed by atoms with van der Waals surface area (Å²) in [7, 11) is -7.79. The molecule has 6 rings (SSSR count). The van der Waals surface area contributed by atoms with Gasteiger partial charge in [-0.1, -0.05) is 222 Å². The van der Waals surface area contributed by atoms with E-state index < -0.39 is 133 Å². The number of fused-ring (bicyclic) bond motifs is 1. The van der Waals surface area contributed by atoms with Crippen LogP contribution in [0.15, 0.2) is 95.0 Å². The number of aryl methyl sites for hydroxylation is 4. The number of esters is 2. The molecule has 13 N–H and O–H groups in total. The summed E-state index contributed by atoms with van der Waals surface area (Å²) in [6, 6.07) is 10.5. The number of rotatable bonds is 81. The van der Waals surface area contributed by atoms with E-state index in [1.54, 1.807) is 66.5 Å². The van der Waals surface area contributed by atoms with Gasteiger partial charge in [0, 0.05) is 126 Å². The number of nitrogens with one attached hydrogen (secondary N) is 10. The first-order valence-corrected chi connectivity index (χ1v) is 55.6. The predicted octanol–water partition coefficient (Wildman–Crippen LogP) is 9.85. The van der Waals surface area contributed by atoms with E-state index in [1.807, 2.05) is 0 Å². The largest absolute Gasteiger partial charge is 1.00 e. The van der Waals surface area contributed by atoms with Crippen LogP contribution in [0.25, 0.3) is 10.9 Å². The molecule has 5 atom stereocenters. The summed E-state index contributed by atoms with van der Waals surface area (Å²) < 4.78 is 83.8. The molecule has 49 heteroatoms. The van der Waals surface area contributed by atoms with Crippen molar-refractivity contribution in [1.82, 2.24) is 56.5 Å². The molecule has 0 spiro atoms. The third kappa shape index (κ3) is 56.0. The van der Waals surface area contributed by atoms with E-state index in [1.165, 1.54) is 186 Å². The second-order valence-corrected chi connectivity index (χ2v) is 39.9. The quantitative estimate of drug-likeness (QED) is 0.00164. The summed E-state index contributed by atoms with van der Waals surface area (Å²) in [5.41, 5.74) is 2.30. The number of phosphoric ester groups is 1. The molecule has 9 amide bonds. The van der Waals surface area contributed by atoms with Gasteiger partial charge in [-0.05, 0) is 105 Å². The Morgan fingerprint density at radius 1 is 0.565 bits per heavy atom. The Morgan fingerprint density at radius 2 is 1.08 bits per heavy atom. The molecule has 816 valence electrons. The zero-order valence-corrected chi connectivity index (χ0v) is 91.5. The summed E-state index contributed by atoms with van der Waals surface area (Å²) in [5, 5.41) is 54.4. The number of anilines is 2. The summed E-state index contributed by atoms with van der Waals surface area (Å²) >= 11 is 4.77. The van der Waals surface area contributed by atoms with Gasteiger partial charge < -0.3 is 90.1 Å². The molecule has 43 nitrogen and oxygen atoms in total. The molecule has 2 aromatic heterocycles. The van der Waals surface area contributed by atoms with Gasteiger partial charge in [0.1, 0.15) is 42.7 Å². The number of hydrogen-bond acceptors (Lipinski definition) is 34. The zero-order chi connectivity index (χ0) is 107. The van der Waals surface area contributed by atoms with E-state index in [0.717, 1.165) is 54.6 Å². The molecular weight excluding hydrogens is 2020 g/mol. The van der Waals surface area contributed by atoms with Crippen molar-refractivity contribution in [2.75, 3.05) is 93.2 Å². The van der Waals surface area contributed by atoms with Crippen LogP contribution in [0.5, 0.6) is 5.75 Å². The predicted molar refractivity (Wildman–Crippen MR) is 551 cm³/mol. The van der Waals surface area contributed by atoms with E-state index in [4.69, 9.17) is 38.5 Å². The number of ether oxygens (including phenoxy) is 4. The van der Waals surface area contributed by atoms with Crippen molar-refractivity contribution in [3.63, 3.8) is 0 Å². The Kier molecular flexibility index (Phi) is 68.4. The number of unbranched alkanes of at least 4 members (excludes halogenated alkanes) is 28. The van der Waals surface area contributed by atoms with Crippen molar-refractivity contribution in [3.8, 4) is 5.75 Å². The fraction of sp³-hybridized carbons (Fsp3) is 0.612. The number of alkyl carbamates (subject to hydrolysis) is 1. The first-order chi connectivity index (χ1) is 70.3. The van der Waals surface area contributed by atoms with E-state index >= 15 is 0 Å². The number of aromatic nitrogens is 3. The van der Waals surface area contributed by atoms with Crippen molar-refractivity contribution in [3.05, 3.63) is 123 Å². The molecule has 3 heterocycles. The number of carboxylic acids is 1. The Bertz CT molecular complexity index is 5020. The summed E-state index contributed by atoms with van der Waals surface area (Å²) in [6.07, 6.45) is 43.1. The summed E-state index contributed by atoms with van der Waals surface area (Å²) in [6.45, 7) is 5.30. The van der Waals surface area contributed by atoms with Crippen molar-refractivity contribution >= 4 is 148 Å². The van der Waals surface area contributed by atoms with Gasteiger partial charge in [0.25, 0.3) is 25.5 Å². The number of carbonyl (C=O) groups is 12. The minimum absolute atomic E-state index is 0. The van der Waals surface area contributed by atoms with Gasteiger partial charge in [-0.25, -0.2) is 33.6 Å². The molecule has 0 fully saturated rings.